The number of carboxylic acid groups (broad SMARTS) is 1. The lowest BCUT2D eigenvalue weighted by Crippen LogP contribution is -2.56. The van der Waals surface area contributed by atoms with Gasteiger partial charge in [0, 0.05) is 25.3 Å². The molecule has 0 bridgehead atoms. The highest BCUT2D eigenvalue weighted by molar-refractivity contribution is 5.95. The van der Waals surface area contributed by atoms with Crippen molar-refractivity contribution >= 4 is 29.5 Å². The SMILES string of the molecule is CCCCCCCC(=O)CCCCCC/C=C/[C@H](C(=O)N[C@@H](Cc1ccc(O)cc1)C(=O)OC)[C@@](O)(CC(=O)NC1CC1)C(=O)O. The van der Waals surface area contributed by atoms with Gasteiger partial charge in [0.15, 0.2) is 5.60 Å². The summed E-state index contributed by atoms with van der Waals surface area (Å²) in [6, 6.07) is 4.67. The Morgan fingerprint density at radius 2 is 1.57 bits per heavy atom. The first-order chi connectivity index (χ1) is 22.0. The molecule has 0 unspecified atom stereocenters. The summed E-state index contributed by atoms with van der Waals surface area (Å²) in [5.74, 6) is -5.57. The van der Waals surface area contributed by atoms with Gasteiger partial charge in [-0.25, -0.2) is 9.59 Å². The van der Waals surface area contributed by atoms with Crippen LogP contribution in [-0.2, 0) is 35.1 Å². The molecule has 1 aliphatic carbocycles. The maximum atomic E-state index is 13.6. The number of benzene rings is 1. The van der Waals surface area contributed by atoms with Crippen LogP contribution in [-0.4, -0.2) is 69.7 Å². The van der Waals surface area contributed by atoms with E-state index in [0.29, 0.717) is 30.6 Å². The summed E-state index contributed by atoms with van der Waals surface area (Å²) < 4.78 is 4.85. The maximum Gasteiger partial charge on any atom is 0.337 e. The van der Waals surface area contributed by atoms with Crippen molar-refractivity contribution in [3.63, 3.8) is 0 Å². The number of phenols is 1. The van der Waals surface area contributed by atoms with Crippen molar-refractivity contribution in [1.29, 1.82) is 0 Å². The second-order valence-electron chi connectivity index (χ2n) is 12.3. The van der Waals surface area contributed by atoms with Gasteiger partial charge >= 0.3 is 11.9 Å². The van der Waals surface area contributed by atoms with Crippen molar-refractivity contribution in [1.82, 2.24) is 10.6 Å². The van der Waals surface area contributed by atoms with E-state index in [9.17, 15) is 39.3 Å². The normalized spacial score (nSPS) is 15.5. The van der Waals surface area contributed by atoms with Gasteiger partial charge in [-0.1, -0.05) is 69.7 Å². The molecular weight excluding hydrogens is 592 g/mol. The number of hydrogen-bond donors (Lipinski definition) is 5. The van der Waals surface area contributed by atoms with Crippen molar-refractivity contribution in [3.8, 4) is 5.75 Å². The van der Waals surface area contributed by atoms with Crippen LogP contribution in [0.5, 0.6) is 5.75 Å². The van der Waals surface area contributed by atoms with E-state index >= 15 is 0 Å². The Labute approximate surface area is 272 Å². The van der Waals surface area contributed by atoms with Gasteiger partial charge in [0.1, 0.15) is 17.6 Å². The van der Waals surface area contributed by atoms with Gasteiger partial charge in [0.2, 0.25) is 11.8 Å². The van der Waals surface area contributed by atoms with Crippen molar-refractivity contribution in [2.24, 2.45) is 5.92 Å². The topological polar surface area (TPSA) is 179 Å². The van der Waals surface area contributed by atoms with Crippen LogP contribution >= 0.6 is 0 Å². The number of amides is 2. The van der Waals surface area contributed by atoms with E-state index in [1.165, 1.54) is 37.5 Å². The Kier molecular flexibility index (Phi) is 17.1. The highest BCUT2D eigenvalue weighted by atomic mass is 16.5. The molecular formula is C35H52N2O9. The third-order valence-corrected chi connectivity index (χ3v) is 8.18. The molecule has 0 radical (unpaired) electrons. The largest absolute Gasteiger partial charge is 0.508 e. The number of ketones is 1. The number of carbonyl (C=O) groups is 5. The Morgan fingerprint density at radius 1 is 0.957 bits per heavy atom. The van der Waals surface area contributed by atoms with Gasteiger partial charge in [-0.05, 0) is 56.2 Å². The summed E-state index contributed by atoms with van der Waals surface area (Å²) in [4.78, 5) is 63.3. The van der Waals surface area contributed by atoms with Gasteiger partial charge in [-0.3, -0.25) is 14.4 Å². The Bertz CT molecular complexity index is 1160. The first-order valence-electron chi connectivity index (χ1n) is 16.6. The average Bonchev–Trinajstić information content (AvgIpc) is 3.83. The van der Waals surface area contributed by atoms with Gasteiger partial charge in [0.05, 0.1) is 19.4 Å². The van der Waals surface area contributed by atoms with Crippen LogP contribution in [0.25, 0.3) is 0 Å². The second-order valence-corrected chi connectivity index (χ2v) is 12.3. The molecule has 11 nitrogen and oxygen atoms in total. The number of carbonyl (C=O) groups excluding carboxylic acids is 4. The van der Waals surface area contributed by atoms with Crippen LogP contribution in [0.4, 0.5) is 0 Å². The van der Waals surface area contributed by atoms with E-state index in [0.717, 1.165) is 58.5 Å². The lowest BCUT2D eigenvalue weighted by Gasteiger charge is -2.30. The fourth-order valence-corrected chi connectivity index (χ4v) is 5.22. The summed E-state index contributed by atoms with van der Waals surface area (Å²) in [5, 5.41) is 36.1. The lowest BCUT2D eigenvalue weighted by atomic mass is 9.82. The van der Waals surface area contributed by atoms with E-state index in [1.54, 1.807) is 18.2 Å². The molecule has 0 aliphatic heterocycles. The number of methoxy groups -OCH3 is 1. The zero-order valence-corrected chi connectivity index (χ0v) is 27.3. The summed E-state index contributed by atoms with van der Waals surface area (Å²) >= 11 is 0. The minimum absolute atomic E-state index is 0.0188. The smallest absolute Gasteiger partial charge is 0.337 e. The van der Waals surface area contributed by atoms with Crippen LogP contribution in [0.3, 0.4) is 0 Å². The average molecular weight is 645 g/mol. The molecule has 1 saturated carbocycles. The Hall–Kier alpha value is -3.73. The first kappa shape index (κ1) is 38.5. The molecule has 1 aromatic carbocycles. The zero-order valence-electron chi connectivity index (χ0n) is 27.3. The number of rotatable bonds is 24. The molecule has 3 atom stereocenters. The molecule has 0 saturated heterocycles. The molecule has 1 aromatic rings. The minimum atomic E-state index is -2.78. The number of allylic oxidation sites excluding steroid dienone is 1. The summed E-state index contributed by atoms with van der Waals surface area (Å²) in [6.45, 7) is 2.16. The second kappa shape index (κ2) is 20.4. The van der Waals surface area contributed by atoms with E-state index in [-0.39, 0.29) is 18.2 Å². The van der Waals surface area contributed by atoms with Crippen molar-refractivity contribution in [3.05, 3.63) is 42.0 Å². The fraction of sp³-hybridized carbons (Fsp3) is 0.629. The monoisotopic (exact) mass is 644 g/mol. The predicted molar refractivity (Wildman–Crippen MR) is 173 cm³/mol. The molecule has 256 valence electrons. The lowest BCUT2D eigenvalue weighted by molar-refractivity contribution is -0.169. The zero-order chi connectivity index (χ0) is 34.0. The number of carboxylic acids is 1. The maximum absolute atomic E-state index is 13.6. The van der Waals surface area contributed by atoms with Crippen LogP contribution < -0.4 is 10.6 Å². The number of Topliss-reactive ketones (excluding diaryl/α,β-unsaturated/α-hetero) is 1. The van der Waals surface area contributed by atoms with Crippen molar-refractivity contribution < 1.29 is 44.0 Å². The minimum Gasteiger partial charge on any atom is -0.508 e. The number of ether oxygens (including phenoxy) is 1. The molecule has 2 rings (SSSR count). The van der Waals surface area contributed by atoms with Crippen LogP contribution in [0.1, 0.15) is 109 Å². The summed E-state index contributed by atoms with van der Waals surface area (Å²) in [6.07, 6.45) is 14.0. The molecule has 2 amide bonds. The number of aliphatic hydroxyl groups is 1. The number of phenolic OH excluding ortho intramolecular Hbond substituents is 1. The summed E-state index contributed by atoms with van der Waals surface area (Å²) in [5.41, 5.74) is -2.19. The highest BCUT2D eigenvalue weighted by Gasteiger charge is 2.49. The standard InChI is InChI=1S/C35H52N2O9/c1-3-4-5-8-11-14-27(38)15-12-9-6-7-10-13-16-29(35(45,34(43)44)24-31(40)36-26-19-20-26)32(41)37-30(33(42)46-2)23-25-17-21-28(39)22-18-25/h13,16-18,21-22,26,29-30,39,45H,3-12,14-15,19-20,23-24H2,1-2H3,(H,36,40)(H,37,41)(H,43,44)/b16-13+/t29-,30+,35+/m1/s1. The number of aliphatic carboxylic acids is 1. The van der Waals surface area contributed by atoms with Crippen LogP contribution in [0.2, 0.25) is 0 Å². The summed E-state index contributed by atoms with van der Waals surface area (Å²) in [7, 11) is 1.15. The Morgan fingerprint density at radius 3 is 2.13 bits per heavy atom. The van der Waals surface area contributed by atoms with E-state index in [1.807, 2.05) is 0 Å². The molecule has 5 N–H and O–H groups in total. The molecule has 0 aromatic heterocycles. The van der Waals surface area contributed by atoms with Crippen molar-refractivity contribution in [2.75, 3.05) is 7.11 Å². The fourth-order valence-electron chi connectivity index (χ4n) is 5.22. The molecule has 11 heteroatoms. The van der Waals surface area contributed by atoms with Crippen LogP contribution in [0.15, 0.2) is 36.4 Å². The van der Waals surface area contributed by atoms with Crippen molar-refractivity contribution in [2.45, 2.75) is 127 Å². The van der Waals surface area contributed by atoms with Gasteiger partial charge in [-0.2, -0.15) is 0 Å². The number of esters is 1. The van der Waals surface area contributed by atoms with Crippen LogP contribution in [0, 0.1) is 5.92 Å². The number of aromatic hydroxyl groups is 1. The molecule has 46 heavy (non-hydrogen) atoms. The molecule has 0 heterocycles. The van der Waals surface area contributed by atoms with E-state index < -0.39 is 47.7 Å². The third kappa shape index (κ3) is 14.1. The number of unbranched alkanes of at least 4 members (excludes halogenated alkanes) is 8. The van der Waals surface area contributed by atoms with E-state index in [2.05, 4.69) is 17.6 Å². The molecule has 1 fully saturated rings. The van der Waals surface area contributed by atoms with E-state index in [4.69, 9.17) is 4.74 Å². The quantitative estimate of drug-likeness (QED) is 0.0615. The van der Waals surface area contributed by atoms with Gasteiger partial charge in [-0.15, -0.1) is 0 Å². The predicted octanol–water partition coefficient (Wildman–Crippen LogP) is 4.52. The first-order valence-corrected chi connectivity index (χ1v) is 16.6. The molecule has 1 aliphatic rings. The Balaban J connectivity index is 2.04. The number of hydrogen-bond acceptors (Lipinski definition) is 8. The molecule has 0 spiro atoms. The number of nitrogens with one attached hydrogen (secondary N) is 2. The third-order valence-electron chi connectivity index (χ3n) is 8.18. The highest BCUT2D eigenvalue weighted by Crippen LogP contribution is 2.27. The van der Waals surface area contributed by atoms with Gasteiger partial charge in [0.25, 0.3) is 0 Å². The van der Waals surface area contributed by atoms with Gasteiger partial charge < -0.3 is 30.7 Å².